The number of aromatic nitrogens is 1. The predicted octanol–water partition coefficient (Wildman–Crippen LogP) is 5.87. The van der Waals surface area contributed by atoms with Crippen LogP contribution in [-0.2, 0) is 0 Å². The monoisotopic (exact) mass is 364 g/mol. The second kappa shape index (κ2) is 6.67. The van der Waals surface area contributed by atoms with E-state index in [1.807, 2.05) is 48.5 Å². The van der Waals surface area contributed by atoms with Gasteiger partial charge in [0, 0.05) is 16.1 Å². The Morgan fingerprint density at radius 1 is 0.920 bits per heavy atom. The molecule has 1 amide bonds. The van der Waals surface area contributed by atoms with Crippen LogP contribution in [0.1, 0.15) is 9.67 Å². The van der Waals surface area contributed by atoms with Crippen molar-refractivity contribution in [3.05, 3.63) is 82.7 Å². The number of rotatable bonds is 3. The van der Waals surface area contributed by atoms with Crippen molar-refractivity contribution in [2.45, 2.75) is 0 Å². The molecule has 122 valence electrons. The minimum Gasteiger partial charge on any atom is -0.321 e. The highest BCUT2D eigenvalue weighted by Gasteiger charge is 2.14. The molecule has 3 aromatic carbocycles. The van der Waals surface area contributed by atoms with Gasteiger partial charge in [-0.2, -0.15) is 4.37 Å². The van der Waals surface area contributed by atoms with Crippen molar-refractivity contribution in [2.24, 2.45) is 0 Å². The van der Waals surface area contributed by atoms with Crippen LogP contribution in [0.4, 0.5) is 5.69 Å². The Hall–Kier alpha value is -2.69. The largest absolute Gasteiger partial charge is 0.321 e. The van der Waals surface area contributed by atoms with Gasteiger partial charge in [-0.15, -0.1) is 0 Å². The zero-order valence-corrected chi connectivity index (χ0v) is 14.6. The molecule has 0 bridgehead atoms. The normalized spacial score (nSPS) is 10.8. The summed E-state index contributed by atoms with van der Waals surface area (Å²) in [6, 6.07) is 23.3. The molecule has 5 heteroatoms. The maximum absolute atomic E-state index is 12.6. The molecular weight excluding hydrogens is 352 g/mol. The van der Waals surface area contributed by atoms with Gasteiger partial charge in [-0.3, -0.25) is 4.79 Å². The molecule has 0 aliphatic rings. The molecule has 1 N–H and O–H groups in total. The molecular formula is C20H13ClN2OS. The Morgan fingerprint density at radius 3 is 2.40 bits per heavy atom. The Bertz CT molecular complexity index is 1040. The van der Waals surface area contributed by atoms with E-state index >= 15 is 0 Å². The van der Waals surface area contributed by atoms with Gasteiger partial charge in [0.25, 0.3) is 5.91 Å². The Labute approximate surface area is 154 Å². The number of carbonyl (C=O) groups excluding carboxylic acids is 1. The number of anilines is 1. The topological polar surface area (TPSA) is 42.0 Å². The lowest BCUT2D eigenvalue weighted by Gasteiger charge is -2.06. The Kier molecular flexibility index (Phi) is 4.22. The minimum atomic E-state index is -0.178. The molecule has 1 aromatic heterocycles. The average molecular weight is 365 g/mol. The Balaban J connectivity index is 1.57. The maximum atomic E-state index is 12.6. The van der Waals surface area contributed by atoms with E-state index in [4.69, 9.17) is 11.6 Å². The van der Waals surface area contributed by atoms with Crippen LogP contribution >= 0.6 is 23.1 Å². The van der Waals surface area contributed by atoms with Crippen LogP contribution in [0.25, 0.3) is 22.0 Å². The average Bonchev–Trinajstić information content (AvgIpc) is 3.06. The molecule has 25 heavy (non-hydrogen) atoms. The summed E-state index contributed by atoms with van der Waals surface area (Å²) in [5, 5.41) is 4.29. The SMILES string of the molecule is O=C(Nc1ccc(-c2ccccc2)cc1)c1snc2ccc(Cl)cc12. The van der Waals surface area contributed by atoms with Crippen molar-refractivity contribution in [3.8, 4) is 11.1 Å². The molecule has 0 spiro atoms. The number of benzene rings is 3. The third-order valence-electron chi connectivity index (χ3n) is 3.89. The standard InChI is InChI=1S/C20H13ClN2OS/c21-15-8-11-18-17(12-15)19(25-23-18)20(24)22-16-9-6-14(7-10-16)13-4-2-1-3-5-13/h1-12H,(H,22,24). The summed E-state index contributed by atoms with van der Waals surface area (Å²) in [6.45, 7) is 0. The van der Waals surface area contributed by atoms with Gasteiger partial charge in [-0.25, -0.2) is 0 Å². The third kappa shape index (κ3) is 3.27. The quantitative estimate of drug-likeness (QED) is 0.494. The number of hydrogen-bond acceptors (Lipinski definition) is 3. The molecule has 0 unspecified atom stereocenters. The lowest BCUT2D eigenvalue weighted by molar-refractivity contribution is 0.103. The summed E-state index contributed by atoms with van der Waals surface area (Å²) >= 11 is 7.21. The number of amides is 1. The highest BCUT2D eigenvalue weighted by Crippen LogP contribution is 2.27. The molecule has 0 aliphatic heterocycles. The van der Waals surface area contributed by atoms with E-state index in [1.165, 1.54) is 11.5 Å². The van der Waals surface area contributed by atoms with Crippen molar-refractivity contribution in [2.75, 3.05) is 5.32 Å². The van der Waals surface area contributed by atoms with Gasteiger partial charge < -0.3 is 5.32 Å². The molecule has 0 aliphatic carbocycles. The van der Waals surface area contributed by atoms with Crippen LogP contribution in [-0.4, -0.2) is 10.3 Å². The summed E-state index contributed by atoms with van der Waals surface area (Å²) in [4.78, 5) is 13.1. The maximum Gasteiger partial charge on any atom is 0.268 e. The first-order chi connectivity index (χ1) is 12.2. The summed E-state index contributed by atoms with van der Waals surface area (Å²) < 4.78 is 4.30. The lowest BCUT2D eigenvalue weighted by Crippen LogP contribution is -2.10. The van der Waals surface area contributed by atoms with Gasteiger partial charge in [-0.05, 0) is 53.0 Å². The number of carbonyl (C=O) groups is 1. The summed E-state index contributed by atoms with van der Waals surface area (Å²) in [5.74, 6) is -0.178. The van der Waals surface area contributed by atoms with Crippen molar-refractivity contribution in [1.29, 1.82) is 0 Å². The Morgan fingerprint density at radius 2 is 1.64 bits per heavy atom. The third-order valence-corrected chi connectivity index (χ3v) is 5.01. The molecule has 0 fully saturated rings. The fraction of sp³-hybridized carbons (Fsp3) is 0. The molecule has 0 radical (unpaired) electrons. The fourth-order valence-corrected chi connectivity index (χ4v) is 3.56. The number of nitrogens with zero attached hydrogens (tertiary/aromatic N) is 1. The summed E-state index contributed by atoms with van der Waals surface area (Å²) in [5.41, 5.74) is 3.77. The van der Waals surface area contributed by atoms with Crippen LogP contribution in [0.5, 0.6) is 0 Å². The fourth-order valence-electron chi connectivity index (χ4n) is 2.64. The highest BCUT2D eigenvalue weighted by molar-refractivity contribution is 7.09. The molecule has 4 aromatic rings. The first-order valence-electron chi connectivity index (χ1n) is 7.72. The zero-order chi connectivity index (χ0) is 17.2. The lowest BCUT2D eigenvalue weighted by atomic mass is 10.1. The second-order valence-corrected chi connectivity index (χ2v) is 6.78. The van der Waals surface area contributed by atoms with E-state index in [2.05, 4.69) is 21.8 Å². The van der Waals surface area contributed by atoms with Gasteiger partial charge in [0.05, 0.1) is 5.52 Å². The van der Waals surface area contributed by atoms with Gasteiger partial charge in [-0.1, -0.05) is 54.1 Å². The van der Waals surface area contributed by atoms with Crippen molar-refractivity contribution in [1.82, 2.24) is 4.37 Å². The molecule has 4 rings (SSSR count). The van der Waals surface area contributed by atoms with E-state index in [0.29, 0.717) is 9.90 Å². The minimum absolute atomic E-state index is 0.178. The molecule has 0 atom stereocenters. The zero-order valence-electron chi connectivity index (χ0n) is 13.1. The van der Waals surface area contributed by atoms with Crippen LogP contribution < -0.4 is 5.32 Å². The summed E-state index contributed by atoms with van der Waals surface area (Å²) in [6.07, 6.45) is 0. The molecule has 1 heterocycles. The van der Waals surface area contributed by atoms with Crippen molar-refractivity contribution < 1.29 is 4.79 Å². The van der Waals surface area contributed by atoms with Crippen molar-refractivity contribution in [3.63, 3.8) is 0 Å². The smallest absolute Gasteiger partial charge is 0.268 e. The van der Waals surface area contributed by atoms with Crippen LogP contribution in [0.15, 0.2) is 72.8 Å². The number of nitrogens with one attached hydrogen (secondary N) is 1. The van der Waals surface area contributed by atoms with Gasteiger partial charge >= 0.3 is 0 Å². The van der Waals surface area contributed by atoms with Crippen LogP contribution in [0.2, 0.25) is 5.02 Å². The van der Waals surface area contributed by atoms with Crippen LogP contribution in [0.3, 0.4) is 0 Å². The van der Waals surface area contributed by atoms with Gasteiger partial charge in [0.1, 0.15) is 4.88 Å². The van der Waals surface area contributed by atoms with Gasteiger partial charge in [0.15, 0.2) is 0 Å². The van der Waals surface area contributed by atoms with E-state index < -0.39 is 0 Å². The van der Waals surface area contributed by atoms with Crippen molar-refractivity contribution >= 4 is 45.6 Å². The molecule has 0 saturated heterocycles. The first-order valence-corrected chi connectivity index (χ1v) is 8.87. The van der Waals surface area contributed by atoms with E-state index in [9.17, 15) is 4.79 Å². The van der Waals surface area contributed by atoms with E-state index in [-0.39, 0.29) is 5.91 Å². The number of halogens is 1. The van der Waals surface area contributed by atoms with E-state index in [0.717, 1.165) is 27.7 Å². The van der Waals surface area contributed by atoms with Gasteiger partial charge in [0.2, 0.25) is 0 Å². The number of fused-ring (bicyclic) bond motifs is 1. The highest BCUT2D eigenvalue weighted by atomic mass is 35.5. The van der Waals surface area contributed by atoms with E-state index in [1.54, 1.807) is 12.1 Å². The summed E-state index contributed by atoms with van der Waals surface area (Å²) in [7, 11) is 0. The number of hydrogen-bond donors (Lipinski definition) is 1. The molecule has 0 saturated carbocycles. The first kappa shape index (κ1) is 15.8. The predicted molar refractivity (Wildman–Crippen MR) is 104 cm³/mol. The van der Waals surface area contributed by atoms with Crippen LogP contribution in [0, 0.1) is 0 Å². The second-order valence-electron chi connectivity index (χ2n) is 5.57. The molecule has 3 nitrogen and oxygen atoms in total.